The molecule has 1 aromatic carbocycles. The van der Waals surface area contributed by atoms with Gasteiger partial charge < -0.3 is 4.74 Å². The van der Waals surface area contributed by atoms with E-state index in [0.29, 0.717) is 13.2 Å². The number of hydrogen-bond donors (Lipinski definition) is 2. The largest absolute Gasteiger partial charge is 0.383 e. The Kier molecular flexibility index (Phi) is 5.93. The molecule has 0 amide bonds. The highest BCUT2D eigenvalue weighted by Crippen LogP contribution is 2.26. The van der Waals surface area contributed by atoms with Crippen LogP contribution in [-0.4, -0.2) is 23.5 Å². The quantitative estimate of drug-likeness (QED) is 0.592. The van der Waals surface area contributed by atoms with E-state index in [-0.39, 0.29) is 6.04 Å². The number of nitrogens with one attached hydrogen (secondary N) is 1. The highest BCUT2D eigenvalue weighted by Gasteiger charge is 2.20. The van der Waals surface area contributed by atoms with Gasteiger partial charge in [-0.2, -0.15) is 5.10 Å². The van der Waals surface area contributed by atoms with Crippen LogP contribution in [0.1, 0.15) is 22.9 Å². The van der Waals surface area contributed by atoms with Crippen LogP contribution in [0.4, 0.5) is 0 Å². The Morgan fingerprint density at radius 1 is 1.43 bits per heavy atom. The first-order valence-electron chi connectivity index (χ1n) is 6.88. The van der Waals surface area contributed by atoms with Crippen molar-refractivity contribution in [3.05, 3.63) is 51.8 Å². The van der Waals surface area contributed by atoms with E-state index in [9.17, 15) is 0 Å². The summed E-state index contributed by atoms with van der Waals surface area (Å²) in [5.74, 6) is 5.79. The minimum atomic E-state index is -0.0140. The first kappa shape index (κ1) is 16.2. The van der Waals surface area contributed by atoms with Gasteiger partial charge in [-0.1, -0.05) is 24.3 Å². The number of nitrogens with zero attached hydrogens (tertiary/aromatic N) is 2. The van der Waals surface area contributed by atoms with Gasteiger partial charge >= 0.3 is 0 Å². The summed E-state index contributed by atoms with van der Waals surface area (Å²) in [5, 5.41) is 4.38. The third kappa shape index (κ3) is 3.91. The van der Waals surface area contributed by atoms with E-state index < -0.39 is 0 Å². The van der Waals surface area contributed by atoms with Gasteiger partial charge in [0.1, 0.15) is 0 Å². The molecule has 6 heteroatoms. The van der Waals surface area contributed by atoms with Crippen molar-refractivity contribution >= 4 is 15.9 Å². The summed E-state index contributed by atoms with van der Waals surface area (Å²) in [5.41, 5.74) is 6.48. The van der Waals surface area contributed by atoms with E-state index in [1.54, 1.807) is 13.3 Å². The molecule has 0 aliphatic rings. The summed E-state index contributed by atoms with van der Waals surface area (Å²) in [6.07, 6.45) is 2.60. The number of nitrogens with two attached hydrogens (primary N) is 1. The van der Waals surface area contributed by atoms with E-state index in [1.807, 2.05) is 16.8 Å². The number of hydrazine groups is 1. The monoisotopic (exact) mass is 352 g/mol. The summed E-state index contributed by atoms with van der Waals surface area (Å²) in [6.45, 7) is 3.42. The minimum Gasteiger partial charge on any atom is -0.383 e. The van der Waals surface area contributed by atoms with Crippen LogP contribution in [0.15, 0.2) is 34.9 Å². The second kappa shape index (κ2) is 7.70. The zero-order chi connectivity index (χ0) is 15.2. The van der Waals surface area contributed by atoms with E-state index in [4.69, 9.17) is 10.6 Å². The maximum absolute atomic E-state index is 5.79. The standard InChI is InChI=1S/C15H21BrN4O/c1-11-5-3-4-6-12(11)9-14(19-17)15-13(16)10-18-20(15)7-8-21-2/h3-6,10,14,19H,7-9,17H2,1-2H3. The SMILES string of the molecule is COCCn1ncc(Br)c1C(Cc1ccccc1C)NN. The Morgan fingerprint density at radius 3 is 2.86 bits per heavy atom. The molecule has 21 heavy (non-hydrogen) atoms. The molecule has 3 N–H and O–H groups in total. The molecule has 114 valence electrons. The van der Waals surface area contributed by atoms with Crippen molar-refractivity contribution in [3.8, 4) is 0 Å². The lowest BCUT2D eigenvalue weighted by molar-refractivity contribution is 0.181. The van der Waals surface area contributed by atoms with Gasteiger partial charge in [0.25, 0.3) is 0 Å². The number of hydrogen-bond acceptors (Lipinski definition) is 4. The molecule has 0 aliphatic carbocycles. The molecule has 1 heterocycles. The summed E-state index contributed by atoms with van der Waals surface area (Å²) in [7, 11) is 1.68. The fourth-order valence-corrected chi connectivity index (χ4v) is 2.94. The third-order valence-electron chi connectivity index (χ3n) is 3.56. The van der Waals surface area contributed by atoms with Crippen LogP contribution in [0.25, 0.3) is 0 Å². The number of rotatable bonds is 7. The molecule has 0 bridgehead atoms. The lowest BCUT2D eigenvalue weighted by Crippen LogP contribution is -2.32. The molecule has 0 saturated carbocycles. The Hall–Kier alpha value is -1.21. The minimum absolute atomic E-state index is 0.0140. The Bertz CT molecular complexity index is 585. The predicted octanol–water partition coefficient (Wildman–Crippen LogP) is 2.35. The first-order chi connectivity index (χ1) is 10.2. The van der Waals surface area contributed by atoms with Crippen molar-refractivity contribution < 1.29 is 4.74 Å². The second-order valence-corrected chi connectivity index (χ2v) is 5.80. The lowest BCUT2D eigenvalue weighted by Gasteiger charge is -2.19. The molecule has 1 unspecified atom stereocenters. The molecule has 1 atom stereocenters. The van der Waals surface area contributed by atoms with E-state index in [1.165, 1.54) is 11.1 Å². The van der Waals surface area contributed by atoms with Crippen molar-refractivity contribution in [3.63, 3.8) is 0 Å². The molecule has 0 spiro atoms. The highest BCUT2D eigenvalue weighted by atomic mass is 79.9. The average Bonchev–Trinajstić information content (AvgIpc) is 2.85. The van der Waals surface area contributed by atoms with Crippen molar-refractivity contribution in [2.45, 2.75) is 25.9 Å². The van der Waals surface area contributed by atoms with Gasteiger partial charge in [-0.25, -0.2) is 0 Å². The third-order valence-corrected chi connectivity index (χ3v) is 4.17. The maximum Gasteiger partial charge on any atom is 0.0713 e. The van der Waals surface area contributed by atoms with Crippen LogP contribution in [0, 0.1) is 6.92 Å². The number of ether oxygens (including phenoxy) is 1. The Morgan fingerprint density at radius 2 is 2.19 bits per heavy atom. The number of halogens is 1. The van der Waals surface area contributed by atoms with Crippen LogP contribution in [0.2, 0.25) is 0 Å². The van der Waals surface area contributed by atoms with Gasteiger partial charge in [-0.05, 0) is 40.4 Å². The highest BCUT2D eigenvalue weighted by molar-refractivity contribution is 9.10. The second-order valence-electron chi connectivity index (χ2n) is 4.94. The Labute approximate surface area is 133 Å². The summed E-state index contributed by atoms with van der Waals surface area (Å²) in [4.78, 5) is 0. The van der Waals surface area contributed by atoms with Crippen molar-refractivity contribution in [2.75, 3.05) is 13.7 Å². The average molecular weight is 353 g/mol. The van der Waals surface area contributed by atoms with Gasteiger partial charge in [0, 0.05) is 7.11 Å². The maximum atomic E-state index is 5.79. The van der Waals surface area contributed by atoms with Gasteiger partial charge in [0.15, 0.2) is 0 Å². The van der Waals surface area contributed by atoms with Crippen LogP contribution < -0.4 is 11.3 Å². The van der Waals surface area contributed by atoms with E-state index in [0.717, 1.165) is 16.6 Å². The topological polar surface area (TPSA) is 65.1 Å². The molecule has 5 nitrogen and oxygen atoms in total. The molecule has 0 fully saturated rings. The van der Waals surface area contributed by atoms with Crippen molar-refractivity contribution in [2.24, 2.45) is 5.84 Å². The smallest absolute Gasteiger partial charge is 0.0713 e. The molecule has 0 aliphatic heterocycles. The fraction of sp³-hybridized carbons (Fsp3) is 0.400. The molecule has 0 radical (unpaired) electrons. The van der Waals surface area contributed by atoms with Crippen LogP contribution >= 0.6 is 15.9 Å². The molecular formula is C15H21BrN4O. The van der Waals surface area contributed by atoms with Crippen molar-refractivity contribution in [1.29, 1.82) is 0 Å². The van der Waals surface area contributed by atoms with E-state index in [2.05, 4.69) is 45.5 Å². The van der Waals surface area contributed by atoms with Gasteiger partial charge in [-0.15, -0.1) is 0 Å². The van der Waals surface area contributed by atoms with Gasteiger partial charge in [-0.3, -0.25) is 16.0 Å². The molecule has 1 aromatic heterocycles. The lowest BCUT2D eigenvalue weighted by atomic mass is 9.99. The molecule has 0 saturated heterocycles. The molecular weight excluding hydrogens is 332 g/mol. The summed E-state index contributed by atoms with van der Waals surface area (Å²) in [6, 6.07) is 8.32. The normalized spacial score (nSPS) is 12.6. The Balaban J connectivity index is 2.25. The van der Waals surface area contributed by atoms with Gasteiger partial charge in [0.2, 0.25) is 0 Å². The number of methoxy groups -OCH3 is 1. The molecule has 2 rings (SSSR count). The van der Waals surface area contributed by atoms with Crippen LogP contribution in [0.3, 0.4) is 0 Å². The van der Waals surface area contributed by atoms with Crippen LogP contribution in [-0.2, 0) is 17.7 Å². The number of aryl methyl sites for hydroxylation is 1. The summed E-state index contributed by atoms with van der Waals surface area (Å²) >= 11 is 3.56. The molecule has 2 aromatic rings. The van der Waals surface area contributed by atoms with E-state index >= 15 is 0 Å². The zero-order valence-corrected chi connectivity index (χ0v) is 13.9. The zero-order valence-electron chi connectivity index (χ0n) is 12.3. The number of aromatic nitrogens is 2. The summed E-state index contributed by atoms with van der Waals surface area (Å²) < 4.78 is 8.01. The first-order valence-corrected chi connectivity index (χ1v) is 7.67. The fourth-order valence-electron chi connectivity index (χ4n) is 2.37. The predicted molar refractivity (Wildman–Crippen MR) is 86.8 cm³/mol. The van der Waals surface area contributed by atoms with Crippen molar-refractivity contribution in [1.82, 2.24) is 15.2 Å². The number of benzene rings is 1. The van der Waals surface area contributed by atoms with Crippen LogP contribution in [0.5, 0.6) is 0 Å². The van der Waals surface area contributed by atoms with Gasteiger partial charge in [0.05, 0.1) is 35.6 Å².